The molecule has 0 saturated heterocycles. The fraction of sp³-hybridized carbons (Fsp3) is 0.240. The van der Waals surface area contributed by atoms with Gasteiger partial charge in [-0.25, -0.2) is 4.98 Å². The number of pyridine rings is 1. The summed E-state index contributed by atoms with van der Waals surface area (Å²) in [6.45, 7) is 4.29. The number of nitrogens with one attached hydrogen (secondary N) is 2. The molecule has 0 unspecified atom stereocenters. The molecular weight excluding hydrogens is 408 g/mol. The summed E-state index contributed by atoms with van der Waals surface area (Å²) < 4.78 is 0. The number of carbonyl (C=O) groups excluding carboxylic acids is 1. The monoisotopic (exact) mass is 430 g/mol. The number of carbonyl (C=O) groups is 1. The van der Waals surface area contributed by atoms with Gasteiger partial charge in [-0.3, -0.25) is 4.79 Å². The van der Waals surface area contributed by atoms with Gasteiger partial charge >= 0.3 is 0 Å². The lowest BCUT2D eigenvalue weighted by Gasteiger charge is -2.17. The van der Waals surface area contributed by atoms with Gasteiger partial charge in [0.15, 0.2) is 5.82 Å². The molecular formula is C25H23ClN4O. The van der Waals surface area contributed by atoms with Gasteiger partial charge in [-0.05, 0) is 55.0 Å². The van der Waals surface area contributed by atoms with Crippen LogP contribution in [0, 0.1) is 31.1 Å². The van der Waals surface area contributed by atoms with E-state index in [1.165, 1.54) is 0 Å². The topological polar surface area (TPSA) is 77.8 Å². The molecule has 0 radical (unpaired) electrons. The van der Waals surface area contributed by atoms with Gasteiger partial charge in [0.25, 0.3) is 0 Å². The zero-order chi connectivity index (χ0) is 22.0. The Kier molecular flexibility index (Phi) is 5.92. The second-order valence-corrected chi connectivity index (χ2v) is 8.21. The third kappa shape index (κ3) is 4.55. The number of anilines is 2. The van der Waals surface area contributed by atoms with E-state index in [1.54, 1.807) is 0 Å². The summed E-state index contributed by atoms with van der Waals surface area (Å²) in [4.78, 5) is 16.9. The van der Waals surface area contributed by atoms with Gasteiger partial charge in [0.1, 0.15) is 0 Å². The fourth-order valence-electron chi connectivity index (χ4n) is 3.50. The lowest BCUT2D eigenvalue weighted by atomic mass is 9.99. The smallest absolute Gasteiger partial charge is 0.227 e. The second-order valence-electron chi connectivity index (χ2n) is 7.83. The SMILES string of the molecule is Cc1nc(NCc2ccc(-c3ccccc3C#N)cc2)c(NC(=O)C2CC2)c(C)c1Cl. The number of aryl methyl sites for hydroxylation is 1. The molecule has 1 amide bonds. The minimum atomic E-state index is 0.0216. The predicted molar refractivity (Wildman–Crippen MR) is 124 cm³/mol. The minimum absolute atomic E-state index is 0.0216. The van der Waals surface area contributed by atoms with E-state index in [4.69, 9.17) is 11.6 Å². The van der Waals surface area contributed by atoms with E-state index in [-0.39, 0.29) is 11.8 Å². The second kappa shape index (κ2) is 8.79. The molecule has 3 aromatic rings. The molecule has 156 valence electrons. The van der Waals surface area contributed by atoms with Gasteiger partial charge in [0.2, 0.25) is 5.91 Å². The highest BCUT2D eigenvalue weighted by Gasteiger charge is 2.30. The Labute approximate surface area is 187 Å². The maximum absolute atomic E-state index is 12.3. The minimum Gasteiger partial charge on any atom is -0.364 e. The first-order chi connectivity index (χ1) is 15.0. The Bertz CT molecular complexity index is 1180. The summed E-state index contributed by atoms with van der Waals surface area (Å²) >= 11 is 6.39. The van der Waals surface area contributed by atoms with Crippen molar-refractivity contribution in [1.82, 2.24) is 4.98 Å². The standard InChI is InChI=1S/C25H23ClN4O/c1-15-22(26)16(2)29-24(23(15)30-25(31)19-11-12-19)28-14-17-7-9-18(10-8-17)21-6-4-3-5-20(21)13-27/h3-10,19H,11-12,14H2,1-2H3,(H,28,29)(H,30,31). The van der Waals surface area contributed by atoms with Crippen molar-refractivity contribution >= 4 is 29.0 Å². The van der Waals surface area contributed by atoms with Gasteiger partial charge in [-0.2, -0.15) is 5.26 Å². The Hall–Kier alpha value is -3.36. The normalized spacial score (nSPS) is 12.8. The quantitative estimate of drug-likeness (QED) is 0.514. The molecule has 2 N–H and O–H groups in total. The van der Waals surface area contributed by atoms with Gasteiger partial charge in [-0.15, -0.1) is 0 Å². The maximum Gasteiger partial charge on any atom is 0.227 e. The summed E-state index contributed by atoms with van der Waals surface area (Å²) in [7, 11) is 0. The van der Waals surface area contributed by atoms with Crippen LogP contribution in [0.1, 0.15) is 35.2 Å². The lowest BCUT2D eigenvalue weighted by Crippen LogP contribution is -2.17. The van der Waals surface area contributed by atoms with Gasteiger partial charge in [-0.1, -0.05) is 54.1 Å². The molecule has 6 heteroatoms. The number of nitrogens with zero attached hydrogens (tertiary/aromatic N) is 2. The molecule has 31 heavy (non-hydrogen) atoms. The van der Waals surface area contributed by atoms with Crippen LogP contribution >= 0.6 is 11.6 Å². The van der Waals surface area contributed by atoms with Crippen LogP contribution in [-0.2, 0) is 11.3 Å². The fourth-order valence-corrected chi connectivity index (χ4v) is 3.64. The third-order valence-electron chi connectivity index (χ3n) is 5.51. The molecule has 5 nitrogen and oxygen atoms in total. The number of halogens is 1. The van der Waals surface area contributed by atoms with Crippen LogP contribution in [-0.4, -0.2) is 10.9 Å². The van der Waals surface area contributed by atoms with Gasteiger partial charge < -0.3 is 10.6 Å². The average Bonchev–Trinajstić information content (AvgIpc) is 3.64. The molecule has 0 aliphatic heterocycles. The van der Waals surface area contributed by atoms with Crippen molar-refractivity contribution in [3.63, 3.8) is 0 Å². The molecule has 2 aromatic carbocycles. The van der Waals surface area contributed by atoms with Crippen molar-refractivity contribution in [2.45, 2.75) is 33.2 Å². The third-order valence-corrected chi connectivity index (χ3v) is 6.06. The van der Waals surface area contributed by atoms with Crippen LogP contribution in [0.3, 0.4) is 0 Å². The van der Waals surface area contributed by atoms with E-state index >= 15 is 0 Å². The highest BCUT2D eigenvalue weighted by Crippen LogP contribution is 2.35. The molecule has 4 rings (SSSR count). The van der Waals surface area contributed by atoms with Crippen molar-refractivity contribution in [3.05, 3.63) is 75.9 Å². The zero-order valence-corrected chi connectivity index (χ0v) is 18.3. The summed E-state index contributed by atoms with van der Waals surface area (Å²) in [6, 6.07) is 17.9. The molecule has 0 spiro atoms. The first kappa shape index (κ1) is 20.9. The molecule has 1 aliphatic carbocycles. The van der Waals surface area contributed by atoms with Crippen LogP contribution in [0.4, 0.5) is 11.5 Å². The van der Waals surface area contributed by atoms with E-state index < -0.39 is 0 Å². The van der Waals surface area contributed by atoms with Crippen molar-refractivity contribution < 1.29 is 4.79 Å². The van der Waals surface area contributed by atoms with Crippen LogP contribution in [0.2, 0.25) is 5.02 Å². The summed E-state index contributed by atoms with van der Waals surface area (Å²) in [6.07, 6.45) is 1.86. The summed E-state index contributed by atoms with van der Waals surface area (Å²) in [5, 5.41) is 16.3. The maximum atomic E-state index is 12.3. The van der Waals surface area contributed by atoms with Crippen LogP contribution in [0.25, 0.3) is 11.1 Å². The molecule has 1 aliphatic rings. The van der Waals surface area contributed by atoms with E-state index in [9.17, 15) is 10.1 Å². The van der Waals surface area contributed by atoms with E-state index in [0.717, 1.165) is 40.8 Å². The molecule has 0 atom stereocenters. The van der Waals surface area contributed by atoms with Crippen molar-refractivity contribution in [2.75, 3.05) is 10.6 Å². The highest BCUT2D eigenvalue weighted by atomic mass is 35.5. The highest BCUT2D eigenvalue weighted by molar-refractivity contribution is 6.32. The van der Waals surface area contributed by atoms with Crippen LogP contribution in [0.15, 0.2) is 48.5 Å². The number of aromatic nitrogens is 1. The van der Waals surface area contributed by atoms with Gasteiger partial charge in [0, 0.05) is 12.5 Å². The number of benzene rings is 2. The molecule has 1 fully saturated rings. The van der Waals surface area contributed by atoms with E-state index in [0.29, 0.717) is 28.6 Å². The molecule has 1 heterocycles. The summed E-state index contributed by atoms with van der Waals surface area (Å²) in [5.41, 5.74) is 5.80. The lowest BCUT2D eigenvalue weighted by molar-refractivity contribution is -0.117. The number of hydrogen-bond donors (Lipinski definition) is 2. The van der Waals surface area contributed by atoms with E-state index in [1.807, 2.05) is 62.4 Å². The van der Waals surface area contributed by atoms with Crippen LogP contribution < -0.4 is 10.6 Å². The predicted octanol–water partition coefficient (Wildman–Crippen LogP) is 5.85. The van der Waals surface area contributed by atoms with Crippen molar-refractivity contribution in [2.24, 2.45) is 5.92 Å². The Morgan fingerprint density at radius 2 is 1.87 bits per heavy atom. The average molecular weight is 431 g/mol. The van der Waals surface area contributed by atoms with E-state index in [2.05, 4.69) is 21.7 Å². The zero-order valence-electron chi connectivity index (χ0n) is 17.5. The Morgan fingerprint density at radius 3 is 2.55 bits per heavy atom. The number of rotatable bonds is 6. The Balaban J connectivity index is 1.53. The van der Waals surface area contributed by atoms with Crippen LogP contribution in [0.5, 0.6) is 0 Å². The number of hydrogen-bond acceptors (Lipinski definition) is 4. The largest absolute Gasteiger partial charge is 0.364 e. The Morgan fingerprint density at radius 1 is 1.16 bits per heavy atom. The molecule has 1 aromatic heterocycles. The van der Waals surface area contributed by atoms with Gasteiger partial charge in [0.05, 0.1) is 28.0 Å². The molecule has 0 bridgehead atoms. The molecule has 1 saturated carbocycles. The van der Waals surface area contributed by atoms with Crippen molar-refractivity contribution in [3.8, 4) is 17.2 Å². The first-order valence-corrected chi connectivity index (χ1v) is 10.7. The number of amides is 1. The summed E-state index contributed by atoms with van der Waals surface area (Å²) in [5.74, 6) is 0.733. The van der Waals surface area contributed by atoms with Crippen molar-refractivity contribution in [1.29, 1.82) is 5.26 Å². The number of nitriles is 1. The first-order valence-electron chi connectivity index (χ1n) is 10.3.